The van der Waals surface area contributed by atoms with Crippen molar-refractivity contribution >= 4 is 16.9 Å². The minimum atomic E-state index is -0.108. The van der Waals surface area contributed by atoms with Crippen LogP contribution in [0.3, 0.4) is 0 Å². The van der Waals surface area contributed by atoms with Gasteiger partial charge in [-0.15, -0.1) is 0 Å². The third-order valence-corrected chi connectivity index (χ3v) is 15.4. The van der Waals surface area contributed by atoms with Crippen molar-refractivity contribution < 1.29 is 0 Å². The fraction of sp³-hybridized carbons (Fsp3) is 0.355. The van der Waals surface area contributed by atoms with Crippen LogP contribution in [0.15, 0.2) is 145 Å². The van der Waals surface area contributed by atoms with Crippen molar-refractivity contribution in [3.8, 4) is 33.4 Å². The van der Waals surface area contributed by atoms with E-state index in [-0.39, 0.29) is 27.1 Å². The van der Waals surface area contributed by atoms with Crippen LogP contribution < -0.4 is 4.90 Å². The fourth-order valence-electron chi connectivity index (χ4n) is 11.7. The summed E-state index contributed by atoms with van der Waals surface area (Å²) >= 11 is 0. The van der Waals surface area contributed by atoms with Crippen molar-refractivity contribution in [1.82, 2.24) is 0 Å². The predicted octanol–water partition coefficient (Wildman–Crippen LogP) is 17.3. The second kappa shape index (κ2) is 14.6. The van der Waals surface area contributed by atoms with E-state index in [4.69, 9.17) is 0 Å². The molecule has 1 saturated carbocycles. The highest BCUT2D eigenvalue weighted by molar-refractivity contribution is 5.94. The molecule has 6 aromatic carbocycles. The topological polar surface area (TPSA) is 3.24 Å². The predicted molar refractivity (Wildman–Crippen MR) is 270 cm³/mol. The van der Waals surface area contributed by atoms with Crippen LogP contribution in [-0.4, -0.2) is 0 Å². The van der Waals surface area contributed by atoms with Crippen molar-refractivity contribution in [2.75, 3.05) is 4.90 Å². The van der Waals surface area contributed by atoms with E-state index in [1.54, 1.807) is 16.7 Å². The number of rotatable bonds is 5. The molecule has 1 nitrogen and oxygen atoms in total. The molecule has 0 unspecified atom stereocenters. The first-order valence-corrected chi connectivity index (χ1v) is 23.9. The number of anilines is 2. The SMILES string of the molecule is CC(C)(C)c1cc(-c2cc(C(C)(C)C)ccc2-c2ccccc2N(C2=CC3=C(CC2)c2ccccc2C32CCCC2)c2ccc3c(c2)C(C)(C)c2ccccc2-3)cc(C(C)(C)C)c1. The number of allylic oxidation sites excluding steroid dienone is 4. The highest BCUT2D eigenvalue weighted by Crippen LogP contribution is 2.59. The summed E-state index contributed by atoms with van der Waals surface area (Å²) in [4.78, 5) is 2.68. The third kappa shape index (κ3) is 6.79. The lowest BCUT2D eigenvalue weighted by molar-refractivity contribution is 0.542. The molecule has 1 fully saturated rings. The van der Waals surface area contributed by atoms with Gasteiger partial charge in [0.1, 0.15) is 0 Å². The molecule has 4 aliphatic rings. The van der Waals surface area contributed by atoms with Gasteiger partial charge in [0.2, 0.25) is 0 Å². The van der Waals surface area contributed by atoms with Crippen LogP contribution in [-0.2, 0) is 27.1 Å². The van der Waals surface area contributed by atoms with Crippen LogP contribution in [0.25, 0.3) is 39.0 Å². The molecule has 1 heteroatoms. The van der Waals surface area contributed by atoms with Gasteiger partial charge in [-0.05, 0) is 150 Å². The Bertz CT molecular complexity index is 2830. The van der Waals surface area contributed by atoms with E-state index < -0.39 is 0 Å². The van der Waals surface area contributed by atoms with Gasteiger partial charge < -0.3 is 4.90 Å². The maximum absolute atomic E-state index is 2.68. The summed E-state index contributed by atoms with van der Waals surface area (Å²) in [5, 5.41) is 0. The zero-order valence-electron chi connectivity index (χ0n) is 39.9. The summed E-state index contributed by atoms with van der Waals surface area (Å²) in [7, 11) is 0. The van der Waals surface area contributed by atoms with E-state index in [2.05, 4.69) is 215 Å². The second-order valence-electron chi connectivity index (χ2n) is 22.9. The van der Waals surface area contributed by atoms with Crippen molar-refractivity contribution in [2.24, 2.45) is 0 Å². The second-order valence-corrected chi connectivity index (χ2v) is 22.9. The smallest absolute Gasteiger partial charge is 0.0537 e. The number of fused-ring (bicyclic) bond motifs is 7. The van der Waals surface area contributed by atoms with Crippen molar-refractivity contribution in [3.63, 3.8) is 0 Å². The van der Waals surface area contributed by atoms with Gasteiger partial charge in [0, 0.05) is 27.8 Å². The summed E-state index contributed by atoms with van der Waals surface area (Å²) in [6, 6.07) is 49.9. The molecule has 320 valence electrons. The first-order chi connectivity index (χ1) is 29.9. The van der Waals surface area contributed by atoms with E-state index in [1.165, 1.54) is 110 Å². The van der Waals surface area contributed by atoms with Crippen LogP contribution in [0.5, 0.6) is 0 Å². The van der Waals surface area contributed by atoms with Crippen molar-refractivity contribution in [3.05, 3.63) is 184 Å². The lowest BCUT2D eigenvalue weighted by atomic mass is 9.74. The number of benzene rings is 6. The maximum Gasteiger partial charge on any atom is 0.0537 e. The lowest BCUT2D eigenvalue weighted by Crippen LogP contribution is -2.25. The molecular formula is C62H67N. The Balaban J connectivity index is 1.22. The van der Waals surface area contributed by atoms with E-state index >= 15 is 0 Å². The molecule has 0 bridgehead atoms. The molecule has 0 atom stereocenters. The molecule has 1 spiro atoms. The Morgan fingerprint density at radius 2 is 1.03 bits per heavy atom. The Morgan fingerprint density at radius 1 is 0.460 bits per heavy atom. The van der Waals surface area contributed by atoms with E-state index in [1.807, 2.05) is 0 Å². The van der Waals surface area contributed by atoms with Crippen LogP contribution in [0, 0.1) is 0 Å². The quantitative estimate of drug-likeness (QED) is 0.167. The van der Waals surface area contributed by atoms with Crippen LogP contribution in [0.4, 0.5) is 11.4 Å². The van der Waals surface area contributed by atoms with Gasteiger partial charge in [0.25, 0.3) is 0 Å². The van der Waals surface area contributed by atoms with E-state index in [0.717, 1.165) is 12.8 Å². The van der Waals surface area contributed by atoms with Crippen LogP contribution >= 0.6 is 0 Å². The monoisotopic (exact) mass is 826 g/mol. The number of para-hydroxylation sites is 1. The first kappa shape index (κ1) is 41.6. The number of hydrogen-bond acceptors (Lipinski definition) is 1. The van der Waals surface area contributed by atoms with Crippen molar-refractivity contribution in [1.29, 1.82) is 0 Å². The Labute approximate surface area is 379 Å². The molecule has 0 heterocycles. The first-order valence-electron chi connectivity index (χ1n) is 23.9. The van der Waals surface area contributed by atoms with Crippen molar-refractivity contribution in [2.45, 2.75) is 142 Å². The standard InChI is InChI=1S/C62H67N/c1-58(2,3)41-26-29-46(52(37-41)40-34-42(59(4,5)6)36-43(35-40)60(7,8)9)51-22-14-17-25-57(51)63(44-27-30-49-47-20-12-15-23-53(47)61(10,11)55(49)38-44)45-28-31-50-48-21-13-16-24-54(48)62(56(50)39-45)32-18-19-33-62/h12-17,20-27,29-30,34-39H,18-19,28,31-33H2,1-11H3. The Kier molecular flexibility index (Phi) is 9.62. The van der Waals surface area contributed by atoms with Crippen LogP contribution in [0.2, 0.25) is 0 Å². The number of nitrogens with zero attached hydrogens (tertiary/aromatic N) is 1. The summed E-state index contributed by atoms with van der Waals surface area (Å²) < 4.78 is 0. The molecule has 6 aromatic rings. The summed E-state index contributed by atoms with van der Waals surface area (Å²) in [6.45, 7) is 26.0. The molecule has 0 aliphatic heterocycles. The lowest BCUT2D eigenvalue weighted by Gasteiger charge is -2.35. The molecule has 0 saturated heterocycles. The van der Waals surface area contributed by atoms with Gasteiger partial charge in [-0.1, -0.05) is 192 Å². The average molecular weight is 826 g/mol. The largest absolute Gasteiger partial charge is 0.314 e. The van der Waals surface area contributed by atoms with Gasteiger partial charge in [-0.25, -0.2) is 0 Å². The molecule has 0 radical (unpaired) electrons. The molecule has 0 aromatic heterocycles. The summed E-state index contributed by atoms with van der Waals surface area (Å²) in [5.41, 5.74) is 24.9. The third-order valence-electron chi connectivity index (χ3n) is 15.4. The highest BCUT2D eigenvalue weighted by atomic mass is 15.2. The molecule has 4 aliphatic carbocycles. The van der Waals surface area contributed by atoms with E-state index in [9.17, 15) is 0 Å². The summed E-state index contributed by atoms with van der Waals surface area (Å²) in [5.74, 6) is 0. The van der Waals surface area contributed by atoms with Crippen LogP contribution in [0.1, 0.15) is 154 Å². The molecule has 0 amide bonds. The zero-order chi connectivity index (χ0) is 44.3. The van der Waals surface area contributed by atoms with Gasteiger partial charge >= 0.3 is 0 Å². The molecule has 63 heavy (non-hydrogen) atoms. The molecular weight excluding hydrogens is 759 g/mol. The zero-order valence-corrected chi connectivity index (χ0v) is 39.9. The fourth-order valence-corrected chi connectivity index (χ4v) is 11.7. The molecule has 10 rings (SSSR count). The Morgan fingerprint density at radius 3 is 1.70 bits per heavy atom. The number of hydrogen-bond donors (Lipinski definition) is 0. The minimum Gasteiger partial charge on any atom is -0.314 e. The Hall–Kier alpha value is -5.40. The van der Waals surface area contributed by atoms with Gasteiger partial charge in [0.15, 0.2) is 0 Å². The van der Waals surface area contributed by atoms with Gasteiger partial charge in [-0.2, -0.15) is 0 Å². The minimum absolute atomic E-state index is 0.00444. The maximum atomic E-state index is 2.68. The van der Waals surface area contributed by atoms with Gasteiger partial charge in [-0.3, -0.25) is 0 Å². The molecule has 0 N–H and O–H groups in total. The average Bonchev–Trinajstić information content (AvgIpc) is 3.92. The normalized spacial score (nSPS) is 17.3. The highest BCUT2D eigenvalue weighted by Gasteiger charge is 2.47. The van der Waals surface area contributed by atoms with Gasteiger partial charge in [0.05, 0.1) is 5.69 Å². The van der Waals surface area contributed by atoms with E-state index in [0.29, 0.717) is 0 Å². The summed E-state index contributed by atoms with van der Waals surface area (Å²) in [6.07, 6.45) is 9.77.